The average molecular weight is 385 g/mol. The van der Waals surface area contributed by atoms with E-state index >= 15 is 0 Å². The lowest BCUT2D eigenvalue weighted by Crippen LogP contribution is -2.14. The van der Waals surface area contributed by atoms with E-state index < -0.39 is 0 Å². The molecule has 0 aliphatic heterocycles. The second-order valence-electron chi connectivity index (χ2n) is 6.94. The molecule has 0 bridgehead atoms. The number of aromatic nitrogens is 1. The topological polar surface area (TPSA) is 44.9 Å². The molecule has 1 heterocycles. The zero-order chi connectivity index (χ0) is 19.7. The zero-order valence-corrected chi connectivity index (χ0v) is 16.6. The van der Waals surface area contributed by atoms with Crippen molar-refractivity contribution in [3.8, 4) is 11.1 Å². The Morgan fingerprint density at radius 1 is 0.857 bits per heavy atom. The number of carbonyl (C=O) groups excluding carboxylic acids is 1. The second-order valence-corrected chi connectivity index (χ2v) is 7.34. The molecule has 1 amide bonds. The molecule has 0 aliphatic carbocycles. The quantitative estimate of drug-likeness (QED) is 0.400. The maximum atomic E-state index is 12.8. The second kappa shape index (κ2) is 7.41. The maximum Gasteiger partial charge on any atom is 0.256 e. The number of carbonyl (C=O) groups is 1. The Hall–Kier alpha value is -3.24. The van der Waals surface area contributed by atoms with E-state index in [9.17, 15) is 4.79 Å². The summed E-state index contributed by atoms with van der Waals surface area (Å²) in [6.07, 6.45) is 0. The van der Waals surface area contributed by atoms with Crippen LogP contribution in [0.15, 0.2) is 72.8 Å². The molecule has 28 heavy (non-hydrogen) atoms. The summed E-state index contributed by atoms with van der Waals surface area (Å²) >= 11 is 5.81. The van der Waals surface area contributed by atoms with Gasteiger partial charge in [-0.3, -0.25) is 4.79 Å². The summed E-state index contributed by atoms with van der Waals surface area (Å²) in [7, 11) is 0. The molecular weight excluding hydrogens is 364 g/mol. The third kappa shape index (κ3) is 3.47. The maximum absolute atomic E-state index is 12.8. The minimum Gasteiger partial charge on any atom is -0.341 e. The van der Waals surface area contributed by atoms with Crippen molar-refractivity contribution in [2.24, 2.45) is 0 Å². The van der Waals surface area contributed by atoms with Crippen LogP contribution in [-0.4, -0.2) is 10.9 Å². The van der Waals surface area contributed by atoms with Crippen LogP contribution >= 0.6 is 12.2 Å². The van der Waals surface area contributed by atoms with Gasteiger partial charge in [0.15, 0.2) is 0 Å². The number of anilines is 1. The van der Waals surface area contributed by atoms with Crippen LogP contribution in [-0.2, 0) is 0 Å². The van der Waals surface area contributed by atoms with Crippen molar-refractivity contribution in [3.63, 3.8) is 0 Å². The number of benzene rings is 3. The highest BCUT2D eigenvalue weighted by Crippen LogP contribution is 2.32. The number of pyridine rings is 1. The van der Waals surface area contributed by atoms with E-state index in [1.165, 1.54) is 5.56 Å². The van der Waals surface area contributed by atoms with Gasteiger partial charge in [-0.05, 0) is 37.6 Å². The number of hydrogen-bond donors (Lipinski definition) is 2. The van der Waals surface area contributed by atoms with Gasteiger partial charge in [-0.15, -0.1) is 0 Å². The Bertz CT molecular complexity index is 1220. The van der Waals surface area contributed by atoms with E-state index in [4.69, 9.17) is 12.2 Å². The Morgan fingerprint density at radius 2 is 1.46 bits per heavy atom. The smallest absolute Gasteiger partial charge is 0.256 e. The minimum atomic E-state index is -0.172. The van der Waals surface area contributed by atoms with Gasteiger partial charge in [0.1, 0.15) is 5.82 Å². The highest BCUT2D eigenvalue weighted by Gasteiger charge is 2.15. The first-order valence-corrected chi connectivity index (χ1v) is 9.54. The molecular formula is C24H20N2OS. The average Bonchev–Trinajstić information content (AvgIpc) is 2.70. The van der Waals surface area contributed by atoms with Gasteiger partial charge >= 0.3 is 0 Å². The summed E-state index contributed by atoms with van der Waals surface area (Å²) in [6, 6.07) is 23.5. The summed E-state index contributed by atoms with van der Waals surface area (Å²) in [5.74, 6) is 0.437. The molecule has 4 rings (SSSR count). The predicted molar refractivity (Wildman–Crippen MR) is 118 cm³/mol. The lowest BCUT2D eigenvalue weighted by molar-refractivity contribution is 0.102. The summed E-state index contributed by atoms with van der Waals surface area (Å²) in [5.41, 5.74) is 5.58. The highest BCUT2D eigenvalue weighted by molar-refractivity contribution is 7.71. The van der Waals surface area contributed by atoms with Crippen LogP contribution in [0.25, 0.3) is 22.0 Å². The lowest BCUT2D eigenvalue weighted by atomic mass is 10.0. The Morgan fingerprint density at radius 3 is 2.14 bits per heavy atom. The van der Waals surface area contributed by atoms with Crippen molar-refractivity contribution < 1.29 is 4.79 Å². The standard InChI is InChI=1S/C24H20N2OS/c1-15-7-11-17(12-8-15)21-22(28)19-5-3-4-6-20(19)25-23(21)26-24(27)18-13-9-16(2)10-14-18/h3-14H,1-2H3,(H2,25,26,27,28). The molecule has 3 aromatic carbocycles. The van der Waals surface area contributed by atoms with Gasteiger partial charge in [0.2, 0.25) is 0 Å². The van der Waals surface area contributed by atoms with Crippen LogP contribution in [0.2, 0.25) is 0 Å². The molecule has 0 aliphatic rings. The number of H-pyrrole nitrogens is 1. The SMILES string of the molecule is Cc1ccc(C(=O)Nc2[nH]c3ccccc3c(=S)c2-c2ccc(C)cc2)cc1. The van der Waals surface area contributed by atoms with E-state index in [2.05, 4.69) is 10.3 Å². The van der Waals surface area contributed by atoms with Gasteiger partial charge in [0.05, 0.1) is 4.51 Å². The minimum absolute atomic E-state index is 0.172. The fourth-order valence-electron chi connectivity index (χ4n) is 3.22. The van der Waals surface area contributed by atoms with Crippen LogP contribution in [0.3, 0.4) is 0 Å². The number of nitrogens with one attached hydrogen (secondary N) is 2. The number of hydrogen-bond acceptors (Lipinski definition) is 2. The molecule has 0 unspecified atom stereocenters. The molecule has 0 atom stereocenters. The Balaban J connectivity index is 1.87. The summed E-state index contributed by atoms with van der Waals surface area (Å²) < 4.78 is 0.720. The van der Waals surface area contributed by atoms with Crippen molar-refractivity contribution in [1.82, 2.24) is 4.98 Å². The molecule has 0 saturated heterocycles. The molecule has 0 radical (unpaired) electrons. The van der Waals surface area contributed by atoms with Gasteiger partial charge in [-0.2, -0.15) is 0 Å². The van der Waals surface area contributed by atoms with Gasteiger partial charge in [-0.1, -0.05) is 77.9 Å². The molecule has 0 saturated carbocycles. The molecule has 4 aromatic rings. The molecule has 4 heteroatoms. The molecule has 0 spiro atoms. The van der Waals surface area contributed by atoms with Crippen LogP contribution in [0.4, 0.5) is 5.82 Å². The van der Waals surface area contributed by atoms with E-state index in [-0.39, 0.29) is 5.91 Å². The third-order valence-corrected chi connectivity index (χ3v) is 5.22. The molecule has 138 valence electrons. The van der Waals surface area contributed by atoms with E-state index in [0.717, 1.165) is 32.1 Å². The number of rotatable bonds is 3. The van der Waals surface area contributed by atoms with E-state index in [1.54, 1.807) is 0 Å². The van der Waals surface area contributed by atoms with Crippen molar-refractivity contribution in [3.05, 3.63) is 94.0 Å². The van der Waals surface area contributed by atoms with E-state index in [1.807, 2.05) is 86.6 Å². The molecule has 3 nitrogen and oxygen atoms in total. The van der Waals surface area contributed by atoms with Gasteiger partial charge < -0.3 is 10.3 Å². The van der Waals surface area contributed by atoms with Gasteiger partial charge in [0.25, 0.3) is 5.91 Å². The van der Waals surface area contributed by atoms with Crippen LogP contribution in [0.1, 0.15) is 21.5 Å². The predicted octanol–water partition coefficient (Wildman–Crippen LogP) is 6.43. The van der Waals surface area contributed by atoms with Crippen molar-refractivity contribution in [2.45, 2.75) is 13.8 Å². The number of fused-ring (bicyclic) bond motifs is 1. The fourth-order valence-corrected chi connectivity index (χ4v) is 3.61. The van der Waals surface area contributed by atoms with Crippen LogP contribution in [0, 0.1) is 18.4 Å². The van der Waals surface area contributed by atoms with Crippen molar-refractivity contribution >= 4 is 34.8 Å². The molecule has 0 fully saturated rings. The summed E-state index contributed by atoms with van der Waals surface area (Å²) in [6.45, 7) is 4.04. The molecule has 2 N–H and O–H groups in total. The first kappa shape index (κ1) is 18.1. The Labute approximate surface area is 169 Å². The van der Waals surface area contributed by atoms with E-state index in [0.29, 0.717) is 11.4 Å². The highest BCUT2D eigenvalue weighted by atomic mass is 32.1. The Kier molecular flexibility index (Phi) is 4.80. The first-order valence-electron chi connectivity index (χ1n) is 9.13. The zero-order valence-electron chi connectivity index (χ0n) is 15.7. The molecule has 1 aromatic heterocycles. The van der Waals surface area contributed by atoms with Crippen LogP contribution in [0.5, 0.6) is 0 Å². The van der Waals surface area contributed by atoms with Crippen molar-refractivity contribution in [2.75, 3.05) is 5.32 Å². The first-order chi connectivity index (χ1) is 13.5. The number of aryl methyl sites for hydroxylation is 2. The summed E-state index contributed by atoms with van der Waals surface area (Å²) in [4.78, 5) is 16.2. The number of para-hydroxylation sites is 1. The number of amides is 1. The van der Waals surface area contributed by atoms with Gasteiger partial charge in [-0.25, -0.2) is 0 Å². The van der Waals surface area contributed by atoms with Crippen LogP contribution < -0.4 is 5.32 Å². The summed E-state index contributed by atoms with van der Waals surface area (Å²) in [5, 5.41) is 3.99. The van der Waals surface area contributed by atoms with Crippen molar-refractivity contribution in [1.29, 1.82) is 0 Å². The third-order valence-electron chi connectivity index (χ3n) is 4.80. The monoisotopic (exact) mass is 384 g/mol. The van der Waals surface area contributed by atoms with Gasteiger partial charge in [0, 0.05) is 22.0 Å². The fraction of sp³-hybridized carbons (Fsp3) is 0.0833. The lowest BCUT2D eigenvalue weighted by Gasteiger charge is -2.14. The normalized spacial score (nSPS) is 10.8. The largest absolute Gasteiger partial charge is 0.341 e. The number of aromatic amines is 1.